The van der Waals surface area contributed by atoms with Crippen LogP contribution in [-0.2, 0) is 6.42 Å². The largest absolute Gasteiger partial charge is 0.392 e. The van der Waals surface area contributed by atoms with Crippen molar-refractivity contribution in [1.82, 2.24) is 0 Å². The van der Waals surface area contributed by atoms with Crippen LogP contribution in [0.2, 0.25) is 0 Å². The molecule has 0 spiro atoms. The Bertz CT molecular complexity index is 432. The lowest BCUT2D eigenvalue weighted by molar-refractivity contribution is 0.0570. The monoisotopic (exact) mass is 268 g/mol. The molecule has 1 aromatic carbocycles. The smallest absolute Gasteiger partial charge is 0.126 e. The lowest BCUT2D eigenvalue weighted by atomic mass is 9.71. The van der Waals surface area contributed by atoms with E-state index < -0.39 is 17.7 Å². The number of halogens is 2. The van der Waals surface area contributed by atoms with Gasteiger partial charge in [0.15, 0.2) is 0 Å². The van der Waals surface area contributed by atoms with Crippen molar-refractivity contribution in [2.75, 3.05) is 0 Å². The molecule has 1 atom stereocenters. The molecule has 1 aromatic rings. The average Bonchev–Trinajstić information content (AvgIpc) is 2.33. The van der Waals surface area contributed by atoms with Crippen LogP contribution in [0.5, 0.6) is 0 Å². The van der Waals surface area contributed by atoms with E-state index in [2.05, 4.69) is 13.8 Å². The highest BCUT2D eigenvalue weighted by atomic mass is 19.1. The maximum atomic E-state index is 13.5. The van der Waals surface area contributed by atoms with Gasteiger partial charge >= 0.3 is 0 Å². The number of hydrogen-bond acceptors (Lipinski definition) is 1. The highest BCUT2D eigenvalue weighted by molar-refractivity contribution is 5.19. The van der Waals surface area contributed by atoms with Gasteiger partial charge in [0.25, 0.3) is 0 Å². The molecule has 1 saturated carbocycles. The highest BCUT2D eigenvalue weighted by Crippen LogP contribution is 2.39. The molecule has 1 fully saturated rings. The molecule has 0 amide bonds. The van der Waals surface area contributed by atoms with Crippen LogP contribution in [0.1, 0.15) is 45.1 Å². The van der Waals surface area contributed by atoms with Crippen molar-refractivity contribution >= 4 is 0 Å². The second-order valence-electron chi connectivity index (χ2n) is 6.51. The van der Waals surface area contributed by atoms with Crippen molar-refractivity contribution in [3.63, 3.8) is 0 Å². The molecule has 0 heterocycles. The summed E-state index contributed by atoms with van der Waals surface area (Å²) in [6.45, 7) is 4.48. The fourth-order valence-corrected chi connectivity index (χ4v) is 2.90. The number of rotatable bonds is 3. The van der Waals surface area contributed by atoms with Gasteiger partial charge in [0.2, 0.25) is 0 Å². The highest BCUT2D eigenvalue weighted by Gasteiger charge is 2.30. The summed E-state index contributed by atoms with van der Waals surface area (Å²) in [6, 6.07) is 3.42. The molecule has 3 heteroatoms. The van der Waals surface area contributed by atoms with Crippen molar-refractivity contribution in [2.24, 2.45) is 11.3 Å². The minimum Gasteiger partial charge on any atom is -0.392 e. The topological polar surface area (TPSA) is 20.2 Å². The van der Waals surface area contributed by atoms with Crippen molar-refractivity contribution in [2.45, 2.75) is 52.1 Å². The van der Waals surface area contributed by atoms with Crippen LogP contribution < -0.4 is 0 Å². The van der Waals surface area contributed by atoms with Crippen molar-refractivity contribution in [3.8, 4) is 0 Å². The molecule has 1 aliphatic carbocycles. The number of aliphatic hydroxyl groups excluding tert-OH is 1. The first-order chi connectivity index (χ1) is 8.87. The summed E-state index contributed by atoms with van der Waals surface area (Å²) in [5.41, 5.74) is 0.623. The Hall–Kier alpha value is -0.960. The minimum atomic E-state index is -0.576. The minimum absolute atomic E-state index is 0.203. The molecule has 0 saturated heterocycles. The quantitative estimate of drug-likeness (QED) is 0.875. The van der Waals surface area contributed by atoms with E-state index in [0.717, 1.165) is 37.8 Å². The molecule has 2 rings (SSSR count). The summed E-state index contributed by atoms with van der Waals surface area (Å²) < 4.78 is 26.6. The van der Waals surface area contributed by atoms with Gasteiger partial charge in [-0.3, -0.25) is 0 Å². The molecule has 1 unspecified atom stereocenters. The zero-order valence-electron chi connectivity index (χ0n) is 11.6. The van der Waals surface area contributed by atoms with E-state index in [9.17, 15) is 13.9 Å². The lowest BCUT2D eigenvalue weighted by Gasteiger charge is -2.36. The van der Waals surface area contributed by atoms with E-state index in [1.165, 1.54) is 6.07 Å². The maximum Gasteiger partial charge on any atom is 0.126 e. The van der Waals surface area contributed by atoms with Gasteiger partial charge in [-0.15, -0.1) is 0 Å². The second-order valence-corrected chi connectivity index (χ2v) is 6.51. The molecule has 106 valence electrons. The molecule has 0 bridgehead atoms. The van der Waals surface area contributed by atoms with Crippen molar-refractivity contribution in [1.29, 1.82) is 0 Å². The Morgan fingerprint density at radius 3 is 2.53 bits per heavy atom. The molecule has 1 nitrogen and oxygen atoms in total. The summed E-state index contributed by atoms with van der Waals surface area (Å²) in [4.78, 5) is 0. The molecule has 0 aromatic heterocycles. The number of aliphatic hydroxyl groups is 1. The molecular formula is C16H22F2O. The summed E-state index contributed by atoms with van der Waals surface area (Å²) in [7, 11) is 0. The second kappa shape index (κ2) is 5.58. The summed E-state index contributed by atoms with van der Waals surface area (Å²) in [5.74, 6) is -0.680. The molecule has 19 heavy (non-hydrogen) atoms. The Morgan fingerprint density at radius 1 is 1.26 bits per heavy atom. The zero-order chi connectivity index (χ0) is 14.0. The van der Waals surface area contributed by atoms with Gasteiger partial charge in [0, 0.05) is 6.42 Å². The summed E-state index contributed by atoms with van der Waals surface area (Å²) in [5, 5.41) is 10.2. The molecule has 0 aliphatic heterocycles. The Labute approximate surface area is 113 Å². The van der Waals surface area contributed by atoms with Gasteiger partial charge < -0.3 is 5.11 Å². The molecule has 0 radical (unpaired) electrons. The van der Waals surface area contributed by atoms with Gasteiger partial charge in [-0.1, -0.05) is 13.8 Å². The predicted octanol–water partition coefficient (Wildman–Crippen LogP) is 4.08. The first kappa shape index (κ1) is 14.4. The van der Waals surface area contributed by atoms with Gasteiger partial charge in [0.05, 0.1) is 6.10 Å². The van der Waals surface area contributed by atoms with E-state index >= 15 is 0 Å². The lowest BCUT2D eigenvalue weighted by Crippen LogP contribution is -2.30. The van der Waals surface area contributed by atoms with Gasteiger partial charge in [-0.25, -0.2) is 8.78 Å². The van der Waals surface area contributed by atoms with Crippen LogP contribution >= 0.6 is 0 Å². The van der Waals surface area contributed by atoms with E-state index in [1.807, 2.05) is 0 Å². The van der Waals surface area contributed by atoms with Crippen LogP contribution in [0.3, 0.4) is 0 Å². The van der Waals surface area contributed by atoms with E-state index in [0.29, 0.717) is 5.41 Å². The van der Waals surface area contributed by atoms with Crippen LogP contribution in [-0.4, -0.2) is 11.2 Å². The Kier molecular flexibility index (Phi) is 4.24. The van der Waals surface area contributed by atoms with Gasteiger partial charge in [0.1, 0.15) is 11.6 Å². The summed E-state index contributed by atoms with van der Waals surface area (Å²) in [6.07, 6.45) is 3.72. The van der Waals surface area contributed by atoms with Crippen molar-refractivity contribution in [3.05, 3.63) is 35.4 Å². The Morgan fingerprint density at radius 2 is 1.89 bits per heavy atom. The third-order valence-corrected chi connectivity index (χ3v) is 4.36. The Balaban J connectivity index is 1.98. The normalized spacial score (nSPS) is 21.3. The number of hydrogen-bond donors (Lipinski definition) is 1. The van der Waals surface area contributed by atoms with Gasteiger partial charge in [-0.05, 0) is 60.8 Å². The first-order valence-corrected chi connectivity index (χ1v) is 6.99. The van der Waals surface area contributed by atoms with E-state index in [1.54, 1.807) is 0 Å². The number of benzene rings is 1. The fourth-order valence-electron chi connectivity index (χ4n) is 2.90. The average molecular weight is 268 g/mol. The SMILES string of the molecule is CC1(C)CCC(C(O)Cc2cc(F)ccc2F)CC1. The standard InChI is InChI=1S/C16H22F2O/c1-16(2)7-5-11(6-8-16)15(19)10-12-9-13(17)3-4-14(12)18/h3-4,9,11,15,19H,5-8,10H2,1-2H3. The predicted molar refractivity (Wildman–Crippen MR) is 71.8 cm³/mol. The van der Waals surface area contributed by atoms with Crippen molar-refractivity contribution < 1.29 is 13.9 Å². The van der Waals surface area contributed by atoms with Crippen LogP contribution in [0, 0.1) is 23.0 Å². The van der Waals surface area contributed by atoms with Crippen LogP contribution in [0.25, 0.3) is 0 Å². The molecule has 1 aliphatic rings. The zero-order valence-corrected chi connectivity index (χ0v) is 11.6. The third kappa shape index (κ3) is 3.75. The fraction of sp³-hybridized carbons (Fsp3) is 0.625. The van der Waals surface area contributed by atoms with Gasteiger partial charge in [-0.2, -0.15) is 0 Å². The maximum absolute atomic E-state index is 13.5. The first-order valence-electron chi connectivity index (χ1n) is 6.99. The van der Waals surface area contributed by atoms with Crippen LogP contribution in [0.4, 0.5) is 8.78 Å². The molecule has 1 N–H and O–H groups in total. The molecular weight excluding hydrogens is 246 g/mol. The van der Waals surface area contributed by atoms with E-state index in [4.69, 9.17) is 0 Å². The van der Waals surface area contributed by atoms with E-state index in [-0.39, 0.29) is 17.9 Å². The summed E-state index contributed by atoms with van der Waals surface area (Å²) >= 11 is 0. The van der Waals surface area contributed by atoms with Crippen LogP contribution in [0.15, 0.2) is 18.2 Å². The third-order valence-electron chi connectivity index (χ3n) is 4.36.